The van der Waals surface area contributed by atoms with E-state index in [4.69, 9.17) is 18.9 Å². The highest BCUT2D eigenvalue weighted by Gasteiger charge is 2.41. The van der Waals surface area contributed by atoms with E-state index in [-0.39, 0.29) is 18.5 Å². The second-order valence-electron chi connectivity index (χ2n) is 8.08. The minimum absolute atomic E-state index is 0.0422. The number of dihydropyridines is 1. The van der Waals surface area contributed by atoms with E-state index in [0.29, 0.717) is 41.4 Å². The first-order valence-corrected chi connectivity index (χ1v) is 10.8. The Morgan fingerprint density at radius 2 is 2.03 bits per heavy atom. The number of hydrogen-bond acceptors (Lipinski definition) is 7. The second kappa shape index (κ2) is 9.14. The minimum Gasteiger partial charge on any atom is -0.493 e. The highest BCUT2D eigenvalue weighted by Crippen LogP contribution is 2.47. The van der Waals surface area contributed by atoms with Crippen LogP contribution in [0.3, 0.4) is 0 Å². The van der Waals surface area contributed by atoms with Gasteiger partial charge in [-0.1, -0.05) is 12.1 Å². The number of nitrogens with one attached hydrogen (secondary N) is 1. The van der Waals surface area contributed by atoms with Crippen molar-refractivity contribution in [2.75, 3.05) is 27.4 Å². The van der Waals surface area contributed by atoms with Crippen molar-refractivity contribution in [1.82, 2.24) is 5.32 Å². The SMILES string of the molecule is COc1cccc([C@@H]2C(C(=O)OC[C@H]3CCCO3)=C(C)NC3=C2C(=O)CCC3)c1OC. The van der Waals surface area contributed by atoms with E-state index in [2.05, 4.69) is 5.32 Å². The number of carbonyl (C=O) groups excluding carboxylic acids is 2. The van der Waals surface area contributed by atoms with E-state index < -0.39 is 11.9 Å². The molecule has 0 aromatic heterocycles. The van der Waals surface area contributed by atoms with Crippen molar-refractivity contribution >= 4 is 11.8 Å². The van der Waals surface area contributed by atoms with Crippen molar-refractivity contribution < 1.29 is 28.5 Å². The zero-order valence-electron chi connectivity index (χ0n) is 18.3. The summed E-state index contributed by atoms with van der Waals surface area (Å²) in [7, 11) is 3.13. The van der Waals surface area contributed by atoms with E-state index in [9.17, 15) is 9.59 Å². The zero-order valence-corrected chi connectivity index (χ0v) is 18.3. The molecule has 1 aliphatic carbocycles. The number of esters is 1. The quantitative estimate of drug-likeness (QED) is 0.697. The molecule has 3 aliphatic rings. The molecule has 1 fully saturated rings. The van der Waals surface area contributed by atoms with Crippen LogP contribution in [0.2, 0.25) is 0 Å². The number of ketones is 1. The summed E-state index contributed by atoms with van der Waals surface area (Å²) in [6.07, 6.45) is 3.79. The Kier molecular flexibility index (Phi) is 6.32. The Labute approximate surface area is 182 Å². The average Bonchev–Trinajstić information content (AvgIpc) is 3.29. The van der Waals surface area contributed by atoms with Gasteiger partial charge in [0.25, 0.3) is 0 Å². The fraction of sp³-hybridized carbons (Fsp3) is 0.500. The van der Waals surface area contributed by atoms with Gasteiger partial charge in [0.2, 0.25) is 0 Å². The zero-order chi connectivity index (χ0) is 22.0. The molecular weight excluding hydrogens is 398 g/mol. The normalized spacial score (nSPS) is 23.4. The predicted molar refractivity (Wildman–Crippen MR) is 114 cm³/mol. The van der Waals surface area contributed by atoms with Crippen molar-refractivity contribution in [3.63, 3.8) is 0 Å². The average molecular weight is 427 g/mol. The van der Waals surface area contributed by atoms with Crippen LogP contribution in [0.25, 0.3) is 0 Å². The van der Waals surface area contributed by atoms with Gasteiger partial charge in [-0.25, -0.2) is 4.79 Å². The molecule has 2 atom stereocenters. The third-order valence-corrected chi connectivity index (χ3v) is 6.16. The summed E-state index contributed by atoms with van der Waals surface area (Å²) in [5, 5.41) is 3.31. The summed E-state index contributed by atoms with van der Waals surface area (Å²) < 4.78 is 22.4. The molecule has 2 heterocycles. The van der Waals surface area contributed by atoms with Crippen LogP contribution in [-0.4, -0.2) is 45.3 Å². The van der Waals surface area contributed by atoms with E-state index in [1.54, 1.807) is 20.3 Å². The van der Waals surface area contributed by atoms with Crippen LogP contribution < -0.4 is 14.8 Å². The molecule has 0 radical (unpaired) electrons. The number of para-hydroxylation sites is 1. The van der Waals surface area contributed by atoms with Crippen LogP contribution in [0, 0.1) is 0 Å². The highest BCUT2D eigenvalue weighted by molar-refractivity contribution is 6.04. The van der Waals surface area contributed by atoms with E-state index in [0.717, 1.165) is 36.9 Å². The van der Waals surface area contributed by atoms with Crippen molar-refractivity contribution in [3.8, 4) is 11.5 Å². The van der Waals surface area contributed by atoms with Gasteiger partial charge in [0.1, 0.15) is 6.61 Å². The first-order chi connectivity index (χ1) is 15.0. The van der Waals surface area contributed by atoms with Gasteiger partial charge < -0.3 is 24.3 Å². The maximum absolute atomic E-state index is 13.3. The second-order valence-corrected chi connectivity index (χ2v) is 8.08. The van der Waals surface area contributed by atoms with Gasteiger partial charge in [-0.05, 0) is 38.7 Å². The molecule has 1 aromatic rings. The molecular formula is C24H29NO6. The smallest absolute Gasteiger partial charge is 0.336 e. The Balaban J connectivity index is 1.77. The van der Waals surface area contributed by atoms with Gasteiger partial charge in [0.05, 0.1) is 31.8 Å². The van der Waals surface area contributed by atoms with Gasteiger partial charge in [0.15, 0.2) is 17.3 Å². The van der Waals surface area contributed by atoms with E-state index >= 15 is 0 Å². The first-order valence-electron chi connectivity index (χ1n) is 10.8. The van der Waals surface area contributed by atoms with Crippen LogP contribution in [-0.2, 0) is 19.1 Å². The Morgan fingerprint density at radius 1 is 1.19 bits per heavy atom. The highest BCUT2D eigenvalue weighted by atomic mass is 16.6. The lowest BCUT2D eigenvalue weighted by atomic mass is 9.75. The van der Waals surface area contributed by atoms with Gasteiger partial charge in [-0.15, -0.1) is 0 Å². The van der Waals surface area contributed by atoms with Gasteiger partial charge in [0, 0.05) is 35.6 Å². The van der Waals surface area contributed by atoms with Crippen LogP contribution in [0.5, 0.6) is 11.5 Å². The number of hydrogen-bond donors (Lipinski definition) is 1. The lowest BCUT2D eigenvalue weighted by molar-refractivity contribution is -0.142. The molecule has 7 heteroatoms. The molecule has 4 rings (SSSR count). The summed E-state index contributed by atoms with van der Waals surface area (Å²) in [4.78, 5) is 26.3. The van der Waals surface area contributed by atoms with Crippen LogP contribution in [0.4, 0.5) is 0 Å². The summed E-state index contributed by atoms with van der Waals surface area (Å²) in [6, 6.07) is 5.52. The maximum Gasteiger partial charge on any atom is 0.336 e. The van der Waals surface area contributed by atoms with Gasteiger partial charge in [-0.3, -0.25) is 4.79 Å². The number of benzene rings is 1. The Hall–Kier alpha value is -2.80. The molecule has 2 aliphatic heterocycles. The van der Waals surface area contributed by atoms with Gasteiger partial charge in [-0.2, -0.15) is 0 Å². The van der Waals surface area contributed by atoms with Crippen LogP contribution in [0.15, 0.2) is 40.7 Å². The molecule has 1 saturated heterocycles. The third kappa shape index (κ3) is 4.06. The molecule has 1 aromatic carbocycles. The lowest BCUT2D eigenvalue weighted by Gasteiger charge is -2.35. The fourth-order valence-electron chi connectivity index (χ4n) is 4.73. The summed E-state index contributed by atoms with van der Waals surface area (Å²) in [5.74, 6) is 0.0833. The van der Waals surface area contributed by atoms with E-state index in [1.807, 2.05) is 19.1 Å². The molecule has 0 saturated carbocycles. The molecule has 31 heavy (non-hydrogen) atoms. The summed E-state index contributed by atoms with van der Waals surface area (Å²) in [5.41, 5.74) is 3.33. The van der Waals surface area contributed by atoms with Crippen molar-refractivity contribution in [1.29, 1.82) is 0 Å². The minimum atomic E-state index is -0.578. The number of allylic oxidation sites excluding steroid dienone is 3. The maximum atomic E-state index is 13.3. The summed E-state index contributed by atoms with van der Waals surface area (Å²) in [6.45, 7) is 2.75. The fourth-order valence-corrected chi connectivity index (χ4v) is 4.73. The third-order valence-electron chi connectivity index (χ3n) is 6.16. The number of rotatable bonds is 6. The van der Waals surface area contributed by atoms with Crippen molar-refractivity contribution in [2.45, 2.75) is 51.0 Å². The standard InChI is InChI=1S/C24H29NO6/c1-14-20(24(27)31-13-15-7-6-12-30-15)21(22-17(25-14)9-5-10-18(22)26)16-8-4-11-19(28-2)23(16)29-3/h4,8,11,15,21,25H,5-7,9-10,12-13H2,1-3H3/t15-,21-/m1/s1. The van der Waals surface area contributed by atoms with Gasteiger partial charge >= 0.3 is 5.97 Å². The molecule has 0 unspecified atom stereocenters. The van der Waals surface area contributed by atoms with E-state index in [1.165, 1.54) is 0 Å². The molecule has 1 N–H and O–H groups in total. The monoisotopic (exact) mass is 427 g/mol. The number of ether oxygens (including phenoxy) is 4. The lowest BCUT2D eigenvalue weighted by Crippen LogP contribution is -2.35. The van der Waals surface area contributed by atoms with Crippen molar-refractivity contribution in [2.24, 2.45) is 0 Å². The first kappa shape index (κ1) is 21.4. The van der Waals surface area contributed by atoms with Crippen LogP contribution in [0.1, 0.15) is 50.5 Å². The predicted octanol–water partition coefficient (Wildman–Crippen LogP) is 3.39. The Morgan fingerprint density at radius 3 is 2.74 bits per heavy atom. The Bertz CT molecular complexity index is 941. The molecule has 0 spiro atoms. The molecule has 166 valence electrons. The molecule has 0 amide bonds. The van der Waals surface area contributed by atoms with Crippen molar-refractivity contribution in [3.05, 3.63) is 46.3 Å². The summed E-state index contributed by atoms with van der Waals surface area (Å²) >= 11 is 0. The largest absolute Gasteiger partial charge is 0.493 e. The topological polar surface area (TPSA) is 83.1 Å². The molecule has 0 bridgehead atoms. The number of methoxy groups -OCH3 is 2. The number of carbonyl (C=O) groups is 2. The van der Waals surface area contributed by atoms with Crippen LogP contribution >= 0.6 is 0 Å². The molecule has 7 nitrogen and oxygen atoms in total. The number of Topliss-reactive ketones (excluding diaryl/α,β-unsaturated/α-hetero) is 1.